The fraction of sp³-hybridized carbons (Fsp3) is 0.362. The molecule has 2 fully saturated rings. The second-order valence-electron chi connectivity index (χ2n) is 15.1. The van der Waals surface area contributed by atoms with Crippen molar-refractivity contribution in [3.8, 4) is 28.7 Å². The highest BCUT2D eigenvalue weighted by Crippen LogP contribution is 2.40. The largest absolute Gasteiger partial charge is 0.508 e. The third-order valence-corrected chi connectivity index (χ3v) is 10.0. The van der Waals surface area contributed by atoms with Gasteiger partial charge in [-0.05, 0) is 71.3 Å². The summed E-state index contributed by atoms with van der Waals surface area (Å²) >= 11 is 0. The zero-order valence-electron chi connectivity index (χ0n) is 37.7. The molecule has 2 aliphatic rings. The number of hydrogen-bond donors (Lipinski definition) is 5. The van der Waals surface area contributed by atoms with Crippen LogP contribution < -0.4 is 9.47 Å². The molecule has 0 aliphatic carbocycles. The van der Waals surface area contributed by atoms with Crippen molar-refractivity contribution in [1.82, 2.24) is 0 Å². The lowest BCUT2D eigenvalue weighted by Crippen LogP contribution is -2.65. The molecule has 2 aliphatic heterocycles. The van der Waals surface area contributed by atoms with Crippen LogP contribution in [0.1, 0.15) is 37.5 Å². The summed E-state index contributed by atoms with van der Waals surface area (Å²) in [7, 11) is 2.64. The Balaban J connectivity index is 1.55. The van der Waals surface area contributed by atoms with E-state index in [0.29, 0.717) is 16.7 Å². The monoisotopic (exact) mass is 966 g/mol. The maximum absolute atomic E-state index is 13.7. The molecular weight excluding hydrogens is 916 g/mol. The molecular formula is C47H50O22. The molecule has 0 bridgehead atoms. The number of methoxy groups -OCH3 is 2. The molecule has 1 unspecified atom stereocenters. The molecule has 3 aromatic rings. The Bertz CT molecular complexity index is 2410. The summed E-state index contributed by atoms with van der Waals surface area (Å²) in [6.07, 6.45) is -8.28. The predicted octanol–water partition coefficient (Wildman–Crippen LogP) is 2.24. The molecule has 0 aromatic heterocycles. The van der Waals surface area contributed by atoms with Gasteiger partial charge in [0.05, 0.1) is 14.2 Å². The highest BCUT2D eigenvalue weighted by atomic mass is 16.8. The highest BCUT2D eigenvalue weighted by Gasteiger charge is 2.63. The van der Waals surface area contributed by atoms with Crippen LogP contribution in [0.5, 0.6) is 28.7 Å². The highest BCUT2D eigenvalue weighted by molar-refractivity contribution is 5.88. The van der Waals surface area contributed by atoms with Gasteiger partial charge in [0.25, 0.3) is 0 Å². The third kappa shape index (κ3) is 14.5. The molecule has 22 heteroatoms. The molecule has 0 amide bonds. The van der Waals surface area contributed by atoms with Crippen molar-refractivity contribution in [2.24, 2.45) is 0 Å². The van der Waals surface area contributed by atoms with Gasteiger partial charge in [-0.1, -0.05) is 24.3 Å². The smallest absolute Gasteiger partial charge is 0.331 e. The molecule has 22 nitrogen and oxygen atoms in total. The Morgan fingerprint density at radius 3 is 1.65 bits per heavy atom. The van der Waals surface area contributed by atoms with Gasteiger partial charge in [-0.25, -0.2) is 14.4 Å². The first kappa shape index (κ1) is 52.5. The van der Waals surface area contributed by atoms with E-state index in [-0.39, 0.29) is 28.7 Å². The van der Waals surface area contributed by atoms with Gasteiger partial charge >= 0.3 is 35.8 Å². The number of aromatic hydroxyl groups is 3. The van der Waals surface area contributed by atoms with Gasteiger partial charge in [0.1, 0.15) is 50.0 Å². The second kappa shape index (κ2) is 24.0. The number of aliphatic hydroxyl groups excluding tert-OH is 2. The van der Waals surface area contributed by atoms with Crippen LogP contribution in [0.3, 0.4) is 0 Å². The fourth-order valence-electron chi connectivity index (χ4n) is 6.83. The second-order valence-corrected chi connectivity index (χ2v) is 15.1. The van der Waals surface area contributed by atoms with E-state index in [0.717, 1.165) is 39.0 Å². The Labute approximate surface area is 393 Å². The number of carbonyl (C=O) groups excluding carboxylic acids is 6. The summed E-state index contributed by atoms with van der Waals surface area (Å²) in [5, 5.41) is 53.2. The lowest BCUT2D eigenvalue weighted by molar-refractivity contribution is -0.384. The number of rotatable bonds is 19. The lowest BCUT2D eigenvalue weighted by Gasteiger charge is -2.45. The Morgan fingerprint density at radius 1 is 0.594 bits per heavy atom. The molecule has 0 radical (unpaired) electrons. The number of carbonyl (C=O) groups is 6. The summed E-state index contributed by atoms with van der Waals surface area (Å²) in [6, 6.07) is 14.0. The average Bonchev–Trinajstić information content (AvgIpc) is 3.56. The molecule has 2 saturated heterocycles. The quantitative estimate of drug-likeness (QED) is 0.0654. The molecule has 5 N–H and O–H groups in total. The first-order valence-electron chi connectivity index (χ1n) is 20.8. The minimum Gasteiger partial charge on any atom is -0.508 e. The molecule has 2 heterocycles. The fourth-order valence-corrected chi connectivity index (χ4v) is 6.83. The minimum atomic E-state index is -2.74. The molecule has 0 saturated carbocycles. The Morgan fingerprint density at radius 2 is 1.10 bits per heavy atom. The zero-order chi connectivity index (χ0) is 50.4. The van der Waals surface area contributed by atoms with Crippen LogP contribution in [0.4, 0.5) is 0 Å². The Kier molecular flexibility index (Phi) is 18.2. The van der Waals surface area contributed by atoms with Gasteiger partial charge in [-0.15, -0.1) is 0 Å². The van der Waals surface area contributed by atoms with E-state index >= 15 is 0 Å². The van der Waals surface area contributed by atoms with Crippen LogP contribution in [0, 0.1) is 0 Å². The van der Waals surface area contributed by atoms with E-state index in [1.165, 1.54) is 93.1 Å². The van der Waals surface area contributed by atoms with Crippen molar-refractivity contribution in [3.63, 3.8) is 0 Å². The number of ether oxygens (including phenoxy) is 11. The summed E-state index contributed by atoms with van der Waals surface area (Å²) in [6.45, 7) is 0.440. The molecule has 5 rings (SSSR count). The van der Waals surface area contributed by atoms with E-state index in [2.05, 4.69) is 0 Å². The van der Waals surface area contributed by atoms with Crippen LogP contribution in [0.15, 0.2) is 78.9 Å². The van der Waals surface area contributed by atoms with E-state index < -0.39 is 110 Å². The summed E-state index contributed by atoms with van der Waals surface area (Å²) in [4.78, 5) is 76.7. The standard InChI is InChI=1S/C47H50O22/c1-25(48)61-23-37-43(64-26(2)49)42(58)44(65-27(3)50)46(66-37)69-47(24-63-39(55)17-10-28-6-13-31(51)14-7-28)45(67-40(56)19-12-30-9-16-33(53)35(21-30)60-5)41(57)36(68-47)22-62-38(54)18-11-29-8-15-32(52)34(20-29)59-4/h6-21,36-37,41-46,51-53,57-58H,22-24H2,1-5H3/b17-10+,18-11+,19-12+/t36-,37-,41+,42-,43-,44?,45+,46-,47+/m1/s1. The molecule has 370 valence electrons. The Hall–Kier alpha value is -7.50. The van der Waals surface area contributed by atoms with E-state index in [1.54, 1.807) is 0 Å². The van der Waals surface area contributed by atoms with Crippen LogP contribution in [-0.4, -0.2) is 150 Å². The third-order valence-electron chi connectivity index (χ3n) is 10.0. The predicted molar refractivity (Wildman–Crippen MR) is 233 cm³/mol. The number of phenolic OH excluding ortho intramolecular Hbond substituents is 3. The number of aliphatic hydroxyl groups is 2. The zero-order valence-corrected chi connectivity index (χ0v) is 37.7. The SMILES string of the molecule is COc1cc(/C=C/C(=O)OC[C@H]2O[C@@](COC(=O)/C=C/c3ccc(O)cc3)(O[C@H]3O[C@H](COC(C)=O)[C@@H](OC(C)=O)[C@@H](O)C3OC(C)=O)[C@@H](OC(=O)/C=C/c3ccc(O)c(OC)c3)[C@H]2O)ccc1O. The summed E-state index contributed by atoms with van der Waals surface area (Å²) in [5.41, 5.74) is 1.20. The molecule has 0 spiro atoms. The maximum atomic E-state index is 13.7. The maximum Gasteiger partial charge on any atom is 0.331 e. The first-order valence-corrected chi connectivity index (χ1v) is 20.8. The minimum absolute atomic E-state index is 0.0466. The summed E-state index contributed by atoms with van der Waals surface area (Å²) in [5.74, 6) is -8.98. The van der Waals surface area contributed by atoms with Crippen molar-refractivity contribution >= 4 is 54.0 Å². The van der Waals surface area contributed by atoms with Gasteiger partial charge in [0, 0.05) is 39.0 Å². The van der Waals surface area contributed by atoms with Gasteiger partial charge in [0.15, 0.2) is 41.3 Å². The normalized spacial score (nSPS) is 24.4. The van der Waals surface area contributed by atoms with Crippen LogP contribution >= 0.6 is 0 Å². The number of benzene rings is 3. The van der Waals surface area contributed by atoms with E-state index in [9.17, 15) is 54.3 Å². The molecule has 9 atom stereocenters. The van der Waals surface area contributed by atoms with E-state index in [4.69, 9.17) is 52.1 Å². The van der Waals surface area contributed by atoms with Gasteiger partial charge < -0.3 is 77.6 Å². The summed E-state index contributed by atoms with van der Waals surface area (Å²) < 4.78 is 61.3. The molecule has 69 heavy (non-hydrogen) atoms. The molecule has 3 aromatic carbocycles. The van der Waals surface area contributed by atoms with Crippen molar-refractivity contribution < 1.29 is 106 Å². The first-order chi connectivity index (χ1) is 32.8. The van der Waals surface area contributed by atoms with Crippen molar-refractivity contribution in [1.29, 1.82) is 0 Å². The van der Waals surface area contributed by atoms with Gasteiger partial charge in [-0.3, -0.25) is 14.4 Å². The van der Waals surface area contributed by atoms with Gasteiger partial charge in [0.2, 0.25) is 12.1 Å². The number of phenols is 3. The van der Waals surface area contributed by atoms with Gasteiger partial charge in [-0.2, -0.15) is 0 Å². The van der Waals surface area contributed by atoms with Crippen LogP contribution in [0.25, 0.3) is 18.2 Å². The van der Waals surface area contributed by atoms with Crippen molar-refractivity contribution in [2.75, 3.05) is 34.0 Å². The van der Waals surface area contributed by atoms with Crippen molar-refractivity contribution in [3.05, 3.63) is 95.6 Å². The van der Waals surface area contributed by atoms with Crippen molar-refractivity contribution in [2.45, 2.75) is 75.6 Å². The number of hydrogen-bond acceptors (Lipinski definition) is 22. The van der Waals surface area contributed by atoms with Crippen LogP contribution in [-0.2, 0) is 71.4 Å². The van der Waals surface area contributed by atoms with Crippen LogP contribution in [0.2, 0.25) is 0 Å². The lowest BCUT2D eigenvalue weighted by atomic mass is 9.98. The van der Waals surface area contributed by atoms with E-state index in [1.807, 2.05) is 0 Å². The average molecular weight is 967 g/mol. The number of esters is 6. The topological polar surface area (TPSA) is 305 Å².